The summed E-state index contributed by atoms with van der Waals surface area (Å²) in [6, 6.07) is 4.90. The van der Waals surface area contributed by atoms with Crippen molar-refractivity contribution in [2.24, 2.45) is 0 Å². The Morgan fingerprint density at radius 1 is 1.50 bits per heavy atom. The monoisotopic (exact) mass is 249 g/mol. The van der Waals surface area contributed by atoms with Gasteiger partial charge in [0, 0.05) is 30.4 Å². The van der Waals surface area contributed by atoms with Crippen LogP contribution in [0.2, 0.25) is 0 Å². The summed E-state index contributed by atoms with van der Waals surface area (Å²) < 4.78 is 0. The van der Waals surface area contributed by atoms with Crippen molar-refractivity contribution in [2.45, 2.75) is 18.9 Å². The van der Waals surface area contributed by atoms with Gasteiger partial charge in [0.2, 0.25) is 5.91 Å². The second kappa shape index (κ2) is 4.95. The third-order valence-electron chi connectivity index (χ3n) is 2.92. The molecular formula is C12H15N3O3. The number of nitrogens with one attached hydrogen (secondary N) is 2. The van der Waals surface area contributed by atoms with Gasteiger partial charge in [-0.05, 0) is 24.6 Å². The lowest BCUT2D eigenvalue weighted by Gasteiger charge is -2.24. The number of anilines is 2. The Morgan fingerprint density at radius 2 is 2.28 bits per heavy atom. The lowest BCUT2D eigenvalue weighted by Crippen LogP contribution is -2.41. The van der Waals surface area contributed by atoms with Crippen LogP contribution in [-0.4, -0.2) is 29.6 Å². The molecule has 0 radical (unpaired) electrons. The molecule has 0 bridgehead atoms. The van der Waals surface area contributed by atoms with Gasteiger partial charge in [-0.2, -0.15) is 0 Å². The Hall–Kier alpha value is -2.24. The van der Waals surface area contributed by atoms with E-state index in [-0.39, 0.29) is 23.2 Å². The van der Waals surface area contributed by atoms with E-state index in [1.54, 1.807) is 12.1 Å². The molecule has 2 rings (SSSR count). The van der Waals surface area contributed by atoms with Crippen LogP contribution in [0, 0.1) is 0 Å². The highest BCUT2D eigenvalue weighted by Crippen LogP contribution is 2.20. The van der Waals surface area contributed by atoms with Crippen molar-refractivity contribution in [3.05, 3.63) is 23.8 Å². The Bertz CT molecular complexity index is 477. The number of nitrogens with two attached hydrogens (primary N) is 1. The molecule has 1 aromatic carbocycles. The van der Waals surface area contributed by atoms with Crippen LogP contribution >= 0.6 is 0 Å². The summed E-state index contributed by atoms with van der Waals surface area (Å²) in [6.07, 6.45) is 1.26. The average Bonchev–Trinajstić information content (AvgIpc) is 2.32. The van der Waals surface area contributed by atoms with Gasteiger partial charge < -0.3 is 21.5 Å². The highest BCUT2D eigenvalue weighted by molar-refractivity contribution is 5.94. The van der Waals surface area contributed by atoms with E-state index >= 15 is 0 Å². The van der Waals surface area contributed by atoms with Crippen LogP contribution in [0.4, 0.5) is 11.4 Å². The van der Waals surface area contributed by atoms with Crippen molar-refractivity contribution < 1.29 is 14.7 Å². The number of rotatable bonds is 3. The van der Waals surface area contributed by atoms with Gasteiger partial charge in [0.1, 0.15) is 0 Å². The first-order valence-electron chi connectivity index (χ1n) is 5.72. The van der Waals surface area contributed by atoms with Gasteiger partial charge in [0.05, 0.1) is 5.56 Å². The number of carbonyl (C=O) groups excluding carboxylic acids is 1. The first-order chi connectivity index (χ1) is 8.56. The molecule has 0 spiro atoms. The summed E-state index contributed by atoms with van der Waals surface area (Å²) in [5.74, 6) is -0.974. The molecule has 1 fully saturated rings. The van der Waals surface area contributed by atoms with Gasteiger partial charge in [0.25, 0.3) is 0 Å². The lowest BCUT2D eigenvalue weighted by molar-refractivity contribution is -0.122. The second-order valence-electron chi connectivity index (χ2n) is 4.29. The van der Waals surface area contributed by atoms with Crippen molar-refractivity contribution in [1.29, 1.82) is 0 Å². The number of benzene rings is 1. The lowest BCUT2D eigenvalue weighted by atomic mass is 10.1. The largest absolute Gasteiger partial charge is 0.478 e. The highest BCUT2D eigenvalue weighted by Gasteiger charge is 2.18. The van der Waals surface area contributed by atoms with E-state index in [0.29, 0.717) is 13.0 Å². The number of carboxylic acids is 1. The van der Waals surface area contributed by atoms with E-state index in [9.17, 15) is 9.59 Å². The topological polar surface area (TPSA) is 104 Å². The first kappa shape index (κ1) is 12.2. The molecule has 1 heterocycles. The second-order valence-corrected chi connectivity index (χ2v) is 4.29. The molecule has 18 heavy (non-hydrogen) atoms. The Balaban J connectivity index is 2.04. The van der Waals surface area contributed by atoms with E-state index in [1.807, 2.05) is 0 Å². The van der Waals surface area contributed by atoms with E-state index in [1.165, 1.54) is 6.07 Å². The summed E-state index contributed by atoms with van der Waals surface area (Å²) in [4.78, 5) is 21.8. The van der Waals surface area contributed by atoms with Crippen LogP contribution in [-0.2, 0) is 4.79 Å². The van der Waals surface area contributed by atoms with Crippen LogP contribution in [0.5, 0.6) is 0 Å². The molecule has 1 amide bonds. The summed E-state index contributed by atoms with van der Waals surface area (Å²) >= 11 is 0. The minimum absolute atomic E-state index is 0.0637. The quantitative estimate of drug-likeness (QED) is 0.589. The first-order valence-corrected chi connectivity index (χ1v) is 5.72. The number of amides is 1. The molecule has 96 valence electrons. The van der Waals surface area contributed by atoms with Crippen molar-refractivity contribution in [3.63, 3.8) is 0 Å². The Morgan fingerprint density at radius 3 is 2.83 bits per heavy atom. The van der Waals surface area contributed by atoms with E-state index < -0.39 is 5.97 Å². The molecule has 6 heteroatoms. The summed E-state index contributed by atoms with van der Waals surface area (Å²) in [5, 5.41) is 14.8. The van der Waals surface area contributed by atoms with Gasteiger partial charge in [-0.15, -0.1) is 0 Å². The van der Waals surface area contributed by atoms with Gasteiger partial charge in [0.15, 0.2) is 0 Å². The number of carbonyl (C=O) groups is 2. The molecule has 1 aliphatic heterocycles. The van der Waals surface area contributed by atoms with Gasteiger partial charge in [-0.3, -0.25) is 4.79 Å². The van der Waals surface area contributed by atoms with Crippen molar-refractivity contribution in [1.82, 2.24) is 5.32 Å². The minimum Gasteiger partial charge on any atom is -0.478 e. The number of piperidine rings is 1. The summed E-state index contributed by atoms with van der Waals surface area (Å²) in [7, 11) is 0. The maximum atomic E-state index is 11.0. The van der Waals surface area contributed by atoms with Crippen LogP contribution in [0.25, 0.3) is 0 Å². The maximum absolute atomic E-state index is 11.0. The van der Waals surface area contributed by atoms with Gasteiger partial charge in [-0.1, -0.05) is 0 Å². The molecule has 0 aromatic heterocycles. The number of nitrogen functional groups attached to an aromatic ring is 1. The normalized spacial score (nSPS) is 19.1. The highest BCUT2D eigenvalue weighted by atomic mass is 16.4. The molecule has 6 nitrogen and oxygen atoms in total. The zero-order valence-corrected chi connectivity index (χ0v) is 9.77. The fourth-order valence-electron chi connectivity index (χ4n) is 1.94. The molecule has 1 atom stereocenters. The number of aromatic carboxylic acids is 1. The molecule has 1 unspecified atom stereocenters. The third-order valence-corrected chi connectivity index (χ3v) is 2.92. The van der Waals surface area contributed by atoms with Gasteiger partial charge in [-0.25, -0.2) is 4.79 Å². The van der Waals surface area contributed by atoms with Crippen LogP contribution in [0.15, 0.2) is 18.2 Å². The van der Waals surface area contributed by atoms with Crippen molar-refractivity contribution in [3.8, 4) is 0 Å². The predicted octanol–water partition coefficient (Wildman–Crippen LogP) is 0.657. The van der Waals surface area contributed by atoms with E-state index in [0.717, 1.165) is 12.1 Å². The Kier molecular flexibility index (Phi) is 3.36. The zero-order valence-electron chi connectivity index (χ0n) is 9.77. The molecule has 0 aliphatic carbocycles. The van der Waals surface area contributed by atoms with E-state index in [2.05, 4.69) is 10.6 Å². The fraction of sp³-hybridized carbons (Fsp3) is 0.333. The standard InChI is InChI=1S/C12H15N3O3/c13-10-5-7(1-3-9(10)12(17)18)15-8-2-4-11(16)14-6-8/h1,3,5,8,15H,2,4,6,13H2,(H,14,16)(H,17,18). The molecule has 1 saturated heterocycles. The minimum atomic E-state index is -1.04. The van der Waals surface area contributed by atoms with Crippen LogP contribution in [0.3, 0.4) is 0 Å². The number of hydrogen-bond donors (Lipinski definition) is 4. The summed E-state index contributed by atoms with van der Waals surface area (Å²) in [5.41, 5.74) is 6.75. The molecule has 5 N–H and O–H groups in total. The third kappa shape index (κ3) is 2.71. The fourth-order valence-corrected chi connectivity index (χ4v) is 1.94. The Labute approximate surface area is 104 Å². The van der Waals surface area contributed by atoms with Gasteiger partial charge >= 0.3 is 5.97 Å². The maximum Gasteiger partial charge on any atom is 0.337 e. The zero-order chi connectivity index (χ0) is 13.1. The van der Waals surface area contributed by atoms with Crippen molar-refractivity contribution in [2.75, 3.05) is 17.6 Å². The van der Waals surface area contributed by atoms with Crippen molar-refractivity contribution >= 4 is 23.3 Å². The predicted molar refractivity (Wildman–Crippen MR) is 67.5 cm³/mol. The SMILES string of the molecule is Nc1cc(NC2CCC(=O)NC2)ccc1C(=O)O. The average molecular weight is 249 g/mol. The molecule has 1 aromatic rings. The van der Waals surface area contributed by atoms with Crippen LogP contribution < -0.4 is 16.4 Å². The summed E-state index contributed by atoms with van der Waals surface area (Å²) in [6.45, 7) is 0.569. The van der Waals surface area contributed by atoms with Crippen LogP contribution in [0.1, 0.15) is 23.2 Å². The molecular weight excluding hydrogens is 234 g/mol. The number of hydrogen-bond acceptors (Lipinski definition) is 4. The molecule has 1 aliphatic rings. The smallest absolute Gasteiger partial charge is 0.337 e. The molecule has 0 saturated carbocycles. The van der Waals surface area contributed by atoms with E-state index in [4.69, 9.17) is 10.8 Å². The number of carboxylic acid groups (broad SMARTS) is 1.